The summed E-state index contributed by atoms with van der Waals surface area (Å²) < 4.78 is 30.3. The van der Waals surface area contributed by atoms with Gasteiger partial charge in [0, 0.05) is 31.5 Å². The number of amides is 2. The van der Waals surface area contributed by atoms with Crippen molar-refractivity contribution in [1.29, 1.82) is 0 Å². The third kappa shape index (κ3) is 12.1. The molecule has 0 bridgehead atoms. The molecule has 3 aliphatic heterocycles. The fourth-order valence-corrected chi connectivity index (χ4v) is 9.18. The molecule has 2 fully saturated rings. The molecule has 2 amide bonds. The first-order chi connectivity index (χ1) is 30.0. The number of Topliss-reactive ketones (excluding diaryl/α,β-unsaturated/α-hetero) is 1. The van der Waals surface area contributed by atoms with Crippen molar-refractivity contribution in [1.82, 2.24) is 9.88 Å². The Hall–Kier alpha value is -5.25. The van der Waals surface area contributed by atoms with Crippen molar-refractivity contribution in [2.45, 2.75) is 135 Å². The van der Waals surface area contributed by atoms with Crippen LogP contribution < -0.4 is 4.74 Å². The van der Waals surface area contributed by atoms with E-state index in [1.54, 1.807) is 55.5 Å². The summed E-state index contributed by atoms with van der Waals surface area (Å²) in [5.74, 6) is -3.05. The molecule has 338 valence electrons. The zero-order valence-corrected chi connectivity index (χ0v) is 37.5. The quantitative estimate of drug-likeness (QED) is 0.0432. The molecule has 3 aromatic rings. The summed E-state index contributed by atoms with van der Waals surface area (Å²) in [5, 5.41) is 12.5. The summed E-state index contributed by atoms with van der Waals surface area (Å²) in [6.07, 6.45) is 3.86. The van der Waals surface area contributed by atoms with Crippen LogP contribution in [0.5, 0.6) is 5.75 Å². The highest BCUT2D eigenvalue weighted by atomic mass is 32.1. The van der Waals surface area contributed by atoms with Gasteiger partial charge in [0.2, 0.25) is 0 Å². The molecule has 3 aliphatic rings. The van der Waals surface area contributed by atoms with E-state index in [-0.39, 0.29) is 43.3 Å². The normalized spacial score (nSPS) is 26.5. The lowest BCUT2D eigenvalue weighted by Crippen LogP contribution is -2.47. The van der Waals surface area contributed by atoms with E-state index >= 15 is 0 Å². The van der Waals surface area contributed by atoms with Crippen LogP contribution in [0.3, 0.4) is 0 Å². The molecular weight excluding hydrogens is 829 g/mol. The number of epoxide rings is 1. The average molecular weight is 887 g/mol. The fraction of sp³-hybridized carbons (Fsp3) is 0.521. The van der Waals surface area contributed by atoms with Crippen molar-refractivity contribution in [2.24, 2.45) is 17.3 Å². The van der Waals surface area contributed by atoms with Crippen molar-refractivity contribution in [3.63, 3.8) is 0 Å². The number of carbonyl (C=O) groups is 6. The largest absolute Gasteiger partial charge is 0.508 e. The van der Waals surface area contributed by atoms with Crippen LogP contribution in [0, 0.1) is 24.2 Å². The molecule has 0 radical (unpaired) electrons. The monoisotopic (exact) mass is 886 g/mol. The van der Waals surface area contributed by atoms with Crippen molar-refractivity contribution in [2.75, 3.05) is 6.54 Å². The fourth-order valence-electron chi connectivity index (χ4n) is 8.37. The number of cyclic esters (lactones) is 1. The number of hydrogen-bond acceptors (Lipinski definition) is 14. The van der Waals surface area contributed by atoms with Crippen molar-refractivity contribution in [3.05, 3.63) is 83.4 Å². The Morgan fingerprint density at radius 2 is 1.76 bits per heavy atom. The van der Waals surface area contributed by atoms with Crippen molar-refractivity contribution < 1.29 is 57.6 Å². The number of fused-ring (bicyclic) bond motifs is 2. The molecule has 2 aromatic carbocycles. The lowest BCUT2D eigenvalue weighted by atomic mass is 9.71. The number of allylic oxidation sites excluding steroid dienone is 1. The van der Waals surface area contributed by atoms with Crippen LogP contribution in [0.1, 0.15) is 114 Å². The summed E-state index contributed by atoms with van der Waals surface area (Å²) in [4.78, 5) is 83.0. The Kier molecular flexibility index (Phi) is 15.4. The van der Waals surface area contributed by atoms with Crippen LogP contribution in [0.4, 0.5) is 4.79 Å². The van der Waals surface area contributed by atoms with E-state index in [0.717, 1.165) is 20.8 Å². The summed E-state index contributed by atoms with van der Waals surface area (Å²) in [7, 11) is 0. The van der Waals surface area contributed by atoms with Gasteiger partial charge in [-0.2, -0.15) is 0 Å². The smallest absolute Gasteiger partial charge is 0.457 e. The van der Waals surface area contributed by atoms with E-state index < -0.39 is 65.5 Å². The second-order valence-corrected chi connectivity index (χ2v) is 18.8. The predicted octanol–water partition coefficient (Wildman–Crippen LogP) is 8.21. The van der Waals surface area contributed by atoms with Gasteiger partial charge in [0.1, 0.15) is 30.3 Å². The topological polar surface area (TPSA) is 188 Å². The van der Waals surface area contributed by atoms with Crippen LogP contribution in [-0.4, -0.2) is 81.1 Å². The highest BCUT2D eigenvalue weighted by Gasteiger charge is 2.53. The van der Waals surface area contributed by atoms with E-state index in [2.05, 4.69) is 11.6 Å². The number of aryl methyl sites for hydroxylation is 1. The van der Waals surface area contributed by atoms with Gasteiger partial charge in [-0.3, -0.25) is 28.9 Å². The number of imide groups is 1. The predicted molar refractivity (Wildman–Crippen MR) is 233 cm³/mol. The zero-order valence-electron chi connectivity index (χ0n) is 36.7. The minimum Gasteiger partial charge on any atom is -0.457 e. The molecule has 0 saturated carbocycles. The summed E-state index contributed by atoms with van der Waals surface area (Å²) in [6, 6.07) is 12.3. The summed E-state index contributed by atoms with van der Waals surface area (Å²) >= 11 is 1.58. The highest BCUT2D eigenvalue weighted by Crippen LogP contribution is 2.47. The van der Waals surface area contributed by atoms with E-state index in [1.165, 1.54) is 17.1 Å². The first kappa shape index (κ1) is 47.2. The molecule has 0 spiro atoms. The van der Waals surface area contributed by atoms with E-state index in [4.69, 9.17) is 23.7 Å². The molecular formula is C48H58N2O12S. The first-order valence-corrected chi connectivity index (χ1v) is 22.5. The molecule has 2 saturated heterocycles. The van der Waals surface area contributed by atoms with E-state index in [0.29, 0.717) is 62.8 Å². The van der Waals surface area contributed by atoms with Crippen LogP contribution in [0.2, 0.25) is 0 Å². The highest BCUT2D eigenvalue weighted by molar-refractivity contribution is 7.18. The van der Waals surface area contributed by atoms with Gasteiger partial charge in [0.25, 0.3) is 11.8 Å². The standard InChI is InChI=1S/C48H58N2O12S/c1-7-12-34-44(61-46(57)58-28-31-15-18-33(19-16-31)59-42(54)14-9-8-10-24-50-40(52)21-22-41(50)53)29(2)13-11-23-48(6)39(62-48)26-36(32-17-20-37-35(25-32)49-30(3)63-37)60-43(55)27-38(51)47(4,5)45(34)56/h7,15-22,25,29,34,36,38-39,44,51H,1,8-14,23-24,26-28H2,2-6H3/t29-,34+,36-,38-,39+,44-,48-/m0/s1. The van der Waals surface area contributed by atoms with E-state index in [1.807, 2.05) is 39.0 Å². The average Bonchev–Trinajstić information content (AvgIpc) is 3.52. The second-order valence-electron chi connectivity index (χ2n) is 17.6. The molecule has 0 aliphatic carbocycles. The third-order valence-electron chi connectivity index (χ3n) is 12.4. The molecule has 1 N–H and O–H groups in total. The number of unbranched alkanes of at least 4 members (excludes halogenated alkanes) is 2. The van der Waals surface area contributed by atoms with Crippen LogP contribution in [-0.2, 0) is 49.5 Å². The summed E-state index contributed by atoms with van der Waals surface area (Å²) in [5.41, 5.74) is 0.278. The van der Waals surface area contributed by atoms with Crippen molar-refractivity contribution in [3.8, 4) is 5.75 Å². The maximum absolute atomic E-state index is 14.5. The molecule has 7 atom stereocenters. The Morgan fingerprint density at radius 3 is 2.48 bits per heavy atom. The molecule has 0 unspecified atom stereocenters. The van der Waals surface area contributed by atoms with Crippen LogP contribution >= 0.6 is 11.3 Å². The number of aliphatic hydroxyl groups is 1. The first-order valence-electron chi connectivity index (χ1n) is 21.7. The van der Waals surface area contributed by atoms with Gasteiger partial charge >= 0.3 is 18.1 Å². The van der Waals surface area contributed by atoms with Gasteiger partial charge in [-0.1, -0.05) is 57.9 Å². The van der Waals surface area contributed by atoms with Gasteiger partial charge < -0.3 is 28.8 Å². The van der Waals surface area contributed by atoms with Gasteiger partial charge in [-0.05, 0) is 87.3 Å². The van der Waals surface area contributed by atoms with Crippen LogP contribution in [0.25, 0.3) is 10.2 Å². The number of carbonyl (C=O) groups excluding carboxylic acids is 6. The van der Waals surface area contributed by atoms with Gasteiger partial charge in [0.15, 0.2) is 0 Å². The lowest BCUT2D eigenvalue weighted by Gasteiger charge is -2.37. The maximum Gasteiger partial charge on any atom is 0.508 e. The number of esters is 2. The number of nitrogens with zero attached hydrogens (tertiary/aromatic N) is 2. The molecule has 14 nitrogen and oxygen atoms in total. The van der Waals surface area contributed by atoms with Crippen LogP contribution in [0.15, 0.2) is 67.3 Å². The molecule has 63 heavy (non-hydrogen) atoms. The maximum atomic E-state index is 14.5. The zero-order chi connectivity index (χ0) is 45.5. The molecule has 4 heterocycles. The van der Waals surface area contributed by atoms with E-state index in [9.17, 15) is 33.9 Å². The minimum atomic E-state index is -1.45. The van der Waals surface area contributed by atoms with Crippen molar-refractivity contribution >= 4 is 57.2 Å². The number of ether oxygens (including phenoxy) is 5. The number of aliphatic hydroxyl groups excluding tert-OH is 1. The summed E-state index contributed by atoms with van der Waals surface area (Å²) in [6.45, 7) is 13.1. The molecule has 15 heteroatoms. The lowest BCUT2D eigenvalue weighted by molar-refractivity contribution is -0.157. The SMILES string of the molecule is C=CC[C@H]1C(=O)C(C)(C)[C@@H](O)CC(=O)O[C@H](c2ccc3sc(C)nc3c2)C[C@H]2O[C@@]2(C)CCC[C@H](C)[C@@H]1OC(=O)OCc1ccc(OC(=O)CCCCCN2C(=O)C=CC2=O)cc1. The number of rotatable bonds is 13. The Labute approximate surface area is 371 Å². The Morgan fingerprint density at radius 1 is 1.03 bits per heavy atom. The number of hydrogen-bond donors (Lipinski definition) is 1. The molecule has 1 aromatic heterocycles. The number of ketones is 1. The Bertz CT molecular complexity index is 2200. The molecule has 6 rings (SSSR count). The Balaban J connectivity index is 1.06. The number of benzene rings is 2. The number of thiazole rings is 1. The van der Waals surface area contributed by atoms with Gasteiger partial charge in [-0.15, -0.1) is 17.9 Å². The number of aromatic nitrogens is 1. The van der Waals surface area contributed by atoms with Gasteiger partial charge in [-0.25, -0.2) is 9.78 Å². The minimum absolute atomic E-state index is 0.143. The third-order valence-corrected chi connectivity index (χ3v) is 13.4. The van der Waals surface area contributed by atoms with Gasteiger partial charge in [0.05, 0.1) is 50.8 Å². The second kappa shape index (κ2) is 20.5.